The molecule has 3 rings (SSSR count). The third-order valence-corrected chi connectivity index (χ3v) is 5.05. The number of amides is 1. The van der Waals surface area contributed by atoms with E-state index in [0.29, 0.717) is 34.4 Å². The quantitative estimate of drug-likeness (QED) is 0.310. The van der Waals surface area contributed by atoms with E-state index in [2.05, 4.69) is 21.2 Å². The van der Waals surface area contributed by atoms with E-state index in [9.17, 15) is 10.1 Å². The summed E-state index contributed by atoms with van der Waals surface area (Å²) in [5.41, 5.74) is 2.05. The van der Waals surface area contributed by atoms with Gasteiger partial charge >= 0.3 is 0 Å². The van der Waals surface area contributed by atoms with Crippen LogP contribution in [0.15, 0.2) is 76.8 Å². The van der Waals surface area contributed by atoms with Gasteiger partial charge in [-0.25, -0.2) is 0 Å². The highest BCUT2D eigenvalue weighted by Crippen LogP contribution is 2.25. The topological polar surface area (TPSA) is 71.3 Å². The lowest BCUT2D eigenvalue weighted by Gasteiger charge is -2.09. The van der Waals surface area contributed by atoms with Gasteiger partial charge in [-0.3, -0.25) is 4.79 Å². The van der Waals surface area contributed by atoms with E-state index in [1.54, 1.807) is 42.5 Å². The van der Waals surface area contributed by atoms with Gasteiger partial charge in [0, 0.05) is 20.7 Å². The predicted molar refractivity (Wildman–Crippen MR) is 125 cm³/mol. The normalized spacial score (nSPS) is 10.8. The monoisotopic (exact) mass is 496 g/mol. The lowest BCUT2D eigenvalue weighted by atomic mass is 10.1. The minimum absolute atomic E-state index is 0.0730. The lowest BCUT2D eigenvalue weighted by molar-refractivity contribution is -0.112. The molecule has 0 aromatic heterocycles. The van der Waals surface area contributed by atoms with Crippen LogP contribution in [0, 0.1) is 11.3 Å². The van der Waals surface area contributed by atoms with Gasteiger partial charge in [0.25, 0.3) is 5.91 Å². The number of rotatable bonds is 7. The predicted octanol–water partition coefficient (Wildman–Crippen LogP) is 6.24. The maximum absolute atomic E-state index is 12.5. The second kappa shape index (κ2) is 10.7. The zero-order valence-electron chi connectivity index (χ0n) is 16.6. The number of carbonyl (C=O) groups is 1. The van der Waals surface area contributed by atoms with Gasteiger partial charge in [0.1, 0.15) is 29.7 Å². The summed E-state index contributed by atoms with van der Waals surface area (Å²) in [5.74, 6) is 0.644. The van der Waals surface area contributed by atoms with Crippen molar-refractivity contribution in [1.82, 2.24) is 0 Å². The van der Waals surface area contributed by atoms with Gasteiger partial charge in [0.15, 0.2) is 0 Å². The molecule has 0 atom stereocenters. The maximum Gasteiger partial charge on any atom is 0.266 e. The van der Waals surface area contributed by atoms with Crippen LogP contribution in [0.2, 0.25) is 5.02 Å². The fraction of sp³-hybridized carbons (Fsp3) is 0.0833. The molecule has 7 heteroatoms. The van der Waals surface area contributed by atoms with Crippen molar-refractivity contribution in [2.24, 2.45) is 0 Å². The molecule has 31 heavy (non-hydrogen) atoms. The number of ether oxygens (including phenoxy) is 2. The van der Waals surface area contributed by atoms with Crippen molar-refractivity contribution in [1.29, 1.82) is 5.26 Å². The van der Waals surface area contributed by atoms with Crippen LogP contribution >= 0.6 is 27.5 Å². The van der Waals surface area contributed by atoms with E-state index in [1.165, 1.54) is 13.2 Å². The number of benzene rings is 3. The largest absolute Gasteiger partial charge is 0.496 e. The first-order valence-corrected chi connectivity index (χ1v) is 10.4. The van der Waals surface area contributed by atoms with Gasteiger partial charge in [0.05, 0.1) is 7.11 Å². The Kier molecular flexibility index (Phi) is 7.71. The number of carbonyl (C=O) groups excluding carboxylic acids is 1. The molecule has 0 spiro atoms. The highest BCUT2D eigenvalue weighted by molar-refractivity contribution is 9.10. The molecular formula is C24H18BrClN2O3. The molecule has 0 aliphatic rings. The van der Waals surface area contributed by atoms with Crippen molar-refractivity contribution in [2.75, 3.05) is 12.4 Å². The molecule has 1 N–H and O–H groups in total. The summed E-state index contributed by atoms with van der Waals surface area (Å²) in [6.07, 6.45) is 1.44. The Balaban J connectivity index is 1.66. The summed E-state index contributed by atoms with van der Waals surface area (Å²) in [7, 11) is 1.51. The molecule has 0 saturated heterocycles. The molecule has 0 fully saturated rings. The minimum Gasteiger partial charge on any atom is -0.496 e. The van der Waals surface area contributed by atoms with Crippen LogP contribution in [-0.2, 0) is 11.4 Å². The second-order valence-electron chi connectivity index (χ2n) is 6.45. The molecule has 0 aliphatic heterocycles. The smallest absolute Gasteiger partial charge is 0.266 e. The Labute approximate surface area is 194 Å². The zero-order chi connectivity index (χ0) is 22.2. The standard InChI is InChI=1S/C24H18BrClN2O3/c1-30-23-11-6-20(26)13-17(23)12-18(14-27)24(29)28-21-7-9-22(10-8-21)31-15-16-2-4-19(25)5-3-16/h2-13H,15H2,1H3,(H,28,29)/b18-12+. The number of anilines is 1. The molecular weight excluding hydrogens is 480 g/mol. The second-order valence-corrected chi connectivity index (χ2v) is 7.80. The molecule has 0 aliphatic carbocycles. The SMILES string of the molecule is COc1ccc(Cl)cc1/C=C(\C#N)C(=O)Nc1ccc(OCc2ccc(Br)cc2)cc1. The molecule has 0 saturated carbocycles. The van der Waals surface area contributed by atoms with Gasteiger partial charge in [-0.15, -0.1) is 0 Å². The highest BCUT2D eigenvalue weighted by Gasteiger charge is 2.12. The molecule has 0 bridgehead atoms. The van der Waals surface area contributed by atoms with Crippen LogP contribution in [0.4, 0.5) is 5.69 Å². The van der Waals surface area contributed by atoms with Gasteiger partial charge in [0.2, 0.25) is 0 Å². The van der Waals surface area contributed by atoms with E-state index in [-0.39, 0.29) is 5.57 Å². The maximum atomic E-state index is 12.5. The summed E-state index contributed by atoms with van der Waals surface area (Å²) in [5, 5.41) is 12.6. The molecule has 0 heterocycles. The number of methoxy groups -OCH3 is 1. The summed E-state index contributed by atoms with van der Waals surface area (Å²) in [4.78, 5) is 12.5. The van der Waals surface area contributed by atoms with Gasteiger partial charge in [-0.1, -0.05) is 39.7 Å². The van der Waals surface area contributed by atoms with Crippen LogP contribution in [0.1, 0.15) is 11.1 Å². The summed E-state index contributed by atoms with van der Waals surface area (Å²) >= 11 is 9.42. The van der Waals surface area contributed by atoms with Crippen molar-refractivity contribution in [3.8, 4) is 17.6 Å². The van der Waals surface area contributed by atoms with E-state index < -0.39 is 5.91 Å². The Bertz CT molecular complexity index is 1140. The number of nitrogens with one attached hydrogen (secondary N) is 1. The van der Waals surface area contributed by atoms with Crippen molar-refractivity contribution in [3.63, 3.8) is 0 Å². The number of hydrogen-bond acceptors (Lipinski definition) is 4. The zero-order valence-corrected chi connectivity index (χ0v) is 18.9. The van der Waals surface area contributed by atoms with Crippen molar-refractivity contribution < 1.29 is 14.3 Å². The number of nitriles is 1. The summed E-state index contributed by atoms with van der Waals surface area (Å²) < 4.78 is 12.0. The van der Waals surface area contributed by atoms with E-state index >= 15 is 0 Å². The van der Waals surface area contributed by atoms with Gasteiger partial charge in [-0.05, 0) is 66.2 Å². The molecule has 3 aromatic rings. The first-order valence-electron chi connectivity index (χ1n) is 9.22. The molecule has 0 radical (unpaired) electrons. The van der Waals surface area contributed by atoms with Crippen molar-refractivity contribution >= 4 is 45.2 Å². The average Bonchev–Trinajstić information content (AvgIpc) is 2.78. The first-order chi connectivity index (χ1) is 15.0. The Morgan fingerprint density at radius 1 is 1.13 bits per heavy atom. The third-order valence-electron chi connectivity index (χ3n) is 4.29. The Morgan fingerprint density at radius 2 is 1.84 bits per heavy atom. The van der Waals surface area contributed by atoms with Crippen LogP contribution in [0.3, 0.4) is 0 Å². The Morgan fingerprint density at radius 3 is 2.48 bits per heavy atom. The third kappa shape index (κ3) is 6.35. The van der Waals surface area contributed by atoms with Crippen LogP contribution < -0.4 is 14.8 Å². The number of nitrogens with zero attached hydrogens (tertiary/aromatic N) is 1. The van der Waals surface area contributed by atoms with Crippen molar-refractivity contribution in [3.05, 3.63) is 92.9 Å². The van der Waals surface area contributed by atoms with E-state index in [0.717, 1.165) is 10.0 Å². The fourth-order valence-corrected chi connectivity index (χ4v) is 3.15. The van der Waals surface area contributed by atoms with Crippen LogP contribution in [0.25, 0.3) is 6.08 Å². The van der Waals surface area contributed by atoms with E-state index in [4.69, 9.17) is 21.1 Å². The highest BCUT2D eigenvalue weighted by atomic mass is 79.9. The fourth-order valence-electron chi connectivity index (χ4n) is 2.70. The average molecular weight is 498 g/mol. The summed E-state index contributed by atoms with van der Waals surface area (Å²) in [6.45, 7) is 0.432. The summed E-state index contributed by atoms with van der Waals surface area (Å²) in [6, 6.07) is 21.7. The molecule has 156 valence electrons. The minimum atomic E-state index is -0.534. The molecule has 3 aromatic carbocycles. The lowest BCUT2D eigenvalue weighted by Crippen LogP contribution is -2.13. The number of hydrogen-bond donors (Lipinski definition) is 1. The first kappa shape index (κ1) is 22.4. The molecule has 0 unspecified atom stereocenters. The van der Waals surface area contributed by atoms with Crippen LogP contribution in [-0.4, -0.2) is 13.0 Å². The molecule has 5 nitrogen and oxygen atoms in total. The van der Waals surface area contributed by atoms with Crippen molar-refractivity contribution in [2.45, 2.75) is 6.61 Å². The Hall–Kier alpha value is -3.27. The van der Waals surface area contributed by atoms with Gasteiger partial charge < -0.3 is 14.8 Å². The van der Waals surface area contributed by atoms with Gasteiger partial charge in [-0.2, -0.15) is 5.26 Å². The van der Waals surface area contributed by atoms with E-state index in [1.807, 2.05) is 30.3 Å². The molecule has 1 amide bonds. The van der Waals surface area contributed by atoms with Crippen LogP contribution in [0.5, 0.6) is 11.5 Å². The number of halogens is 2.